The van der Waals surface area contributed by atoms with Crippen molar-refractivity contribution in [3.8, 4) is 0 Å². The van der Waals surface area contributed by atoms with E-state index in [1.54, 1.807) is 4.90 Å². The molecule has 0 aromatic carbocycles. The molecule has 7 heteroatoms. The first-order valence-corrected chi connectivity index (χ1v) is 7.71. The highest BCUT2D eigenvalue weighted by atomic mass is 35.5. The number of likely N-dealkylation sites (tertiary alicyclic amines) is 1. The third-order valence-corrected chi connectivity index (χ3v) is 3.93. The summed E-state index contributed by atoms with van der Waals surface area (Å²) in [6.07, 6.45) is 3.75. The van der Waals surface area contributed by atoms with E-state index in [0.717, 1.165) is 30.6 Å². The molecule has 1 fully saturated rings. The van der Waals surface area contributed by atoms with Crippen LogP contribution in [0.3, 0.4) is 0 Å². The number of amides is 1. The Morgan fingerprint density at radius 1 is 1.43 bits per heavy atom. The first-order valence-electron chi connectivity index (χ1n) is 7.33. The summed E-state index contributed by atoms with van der Waals surface area (Å²) in [5.41, 5.74) is 0.937. The zero-order valence-electron chi connectivity index (χ0n) is 12.4. The molecule has 0 bridgehead atoms. The highest BCUT2D eigenvalue weighted by Gasteiger charge is 2.24. The zero-order valence-corrected chi connectivity index (χ0v) is 13.2. The molecule has 0 unspecified atom stereocenters. The normalized spacial score (nSPS) is 15.9. The van der Waals surface area contributed by atoms with Gasteiger partial charge in [-0.2, -0.15) is 0 Å². The number of ether oxygens (including phenoxy) is 1. The minimum absolute atomic E-state index is 0.227. The van der Waals surface area contributed by atoms with E-state index in [4.69, 9.17) is 16.3 Å². The number of nitrogens with one attached hydrogen (secondary N) is 1. The van der Waals surface area contributed by atoms with E-state index in [0.29, 0.717) is 24.8 Å². The molecule has 2 rings (SSSR count). The summed E-state index contributed by atoms with van der Waals surface area (Å²) < 4.78 is 5.02. The number of aromatic nitrogens is 2. The Balaban J connectivity index is 1.92. The van der Waals surface area contributed by atoms with Crippen LogP contribution in [0.15, 0.2) is 6.33 Å². The van der Waals surface area contributed by atoms with E-state index in [2.05, 4.69) is 15.3 Å². The highest BCUT2D eigenvalue weighted by molar-refractivity contribution is 6.30. The fraction of sp³-hybridized carbons (Fsp3) is 0.643. The van der Waals surface area contributed by atoms with E-state index >= 15 is 0 Å². The van der Waals surface area contributed by atoms with Crippen LogP contribution in [-0.2, 0) is 11.2 Å². The molecular weight excluding hydrogens is 292 g/mol. The van der Waals surface area contributed by atoms with E-state index < -0.39 is 0 Å². The number of halogens is 1. The van der Waals surface area contributed by atoms with Gasteiger partial charge in [-0.05, 0) is 26.2 Å². The van der Waals surface area contributed by atoms with Crippen LogP contribution in [0.25, 0.3) is 0 Å². The van der Waals surface area contributed by atoms with E-state index in [1.165, 1.54) is 6.33 Å². The van der Waals surface area contributed by atoms with Gasteiger partial charge in [-0.15, -0.1) is 0 Å². The van der Waals surface area contributed by atoms with E-state index in [-0.39, 0.29) is 12.1 Å². The Labute approximate surface area is 129 Å². The summed E-state index contributed by atoms with van der Waals surface area (Å²) >= 11 is 6.09. The van der Waals surface area contributed by atoms with Crippen molar-refractivity contribution in [3.63, 3.8) is 0 Å². The molecule has 1 N–H and O–H groups in total. The standard InChI is InChI=1S/C14H21ClN4O2/c1-3-11-12(15)16-9-17-13(11)18-10-5-7-19(8-6-10)14(20)21-4-2/h9-10H,3-8H2,1-2H3,(H,16,17,18). The summed E-state index contributed by atoms with van der Waals surface area (Å²) in [7, 11) is 0. The molecule has 1 saturated heterocycles. The molecule has 1 aromatic rings. The lowest BCUT2D eigenvalue weighted by molar-refractivity contribution is 0.0983. The van der Waals surface area contributed by atoms with Crippen molar-refractivity contribution >= 4 is 23.5 Å². The summed E-state index contributed by atoms with van der Waals surface area (Å²) in [5, 5.41) is 3.92. The lowest BCUT2D eigenvalue weighted by Gasteiger charge is -2.32. The third-order valence-electron chi connectivity index (χ3n) is 3.61. The Hall–Kier alpha value is -1.56. The van der Waals surface area contributed by atoms with Gasteiger partial charge in [0.2, 0.25) is 0 Å². The van der Waals surface area contributed by atoms with Crippen molar-refractivity contribution in [3.05, 3.63) is 17.0 Å². The van der Waals surface area contributed by atoms with Crippen molar-refractivity contribution < 1.29 is 9.53 Å². The van der Waals surface area contributed by atoms with Crippen LogP contribution in [0.1, 0.15) is 32.3 Å². The summed E-state index contributed by atoms with van der Waals surface area (Å²) in [4.78, 5) is 21.7. The first-order chi connectivity index (χ1) is 10.2. The summed E-state index contributed by atoms with van der Waals surface area (Å²) in [6.45, 7) is 5.64. The van der Waals surface area contributed by atoms with Gasteiger partial charge in [0.15, 0.2) is 0 Å². The van der Waals surface area contributed by atoms with E-state index in [1.807, 2.05) is 13.8 Å². The molecule has 1 amide bonds. The average Bonchev–Trinajstić information content (AvgIpc) is 2.48. The van der Waals surface area contributed by atoms with Crippen molar-refractivity contribution in [1.29, 1.82) is 0 Å². The van der Waals surface area contributed by atoms with Crippen LogP contribution in [0.5, 0.6) is 0 Å². The average molecular weight is 313 g/mol. The molecule has 1 aromatic heterocycles. The van der Waals surface area contributed by atoms with Gasteiger partial charge in [0.25, 0.3) is 0 Å². The molecule has 21 heavy (non-hydrogen) atoms. The van der Waals surface area contributed by atoms with Crippen molar-refractivity contribution in [1.82, 2.24) is 14.9 Å². The maximum absolute atomic E-state index is 11.7. The Bertz CT molecular complexity index is 490. The zero-order chi connectivity index (χ0) is 15.2. The van der Waals surface area contributed by atoms with Crippen LogP contribution >= 0.6 is 11.6 Å². The van der Waals surface area contributed by atoms with Crippen molar-refractivity contribution in [2.45, 2.75) is 39.2 Å². The molecule has 0 saturated carbocycles. The van der Waals surface area contributed by atoms with E-state index in [9.17, 15) is 4.79 Å². The smallest absolute Gasteiger partial charge is 0.409 e. The fourth-order valence-corrected chi connectivity index (χ4v) is 2.71. The van der Waals surface area contributed by atoms with Gasteiger partial charge in [0.05, 0.1) is 6.61 Å². The van der Waals surface area contributed by atoms with Crippen molar-refractivity contribution in [2.24, 2.45) is 0 Å². The van der Waals surface area contributed by atoms with Gasteiger partial charge in [0.1, 0.15) is 17.3 Å². The lowest BCUT2D eigenvalue weighted by atomic mass is 10.1. The van der Waals surface area contributed by atoms with Gasteiger partial charge in [-0.25, -0.2) is 14.8 Å². The summed E-state index contributed by atoms with van der Waals surface area (Å²) in [6, 6.07) is 0.284. The van der Waals surface area contributed by atoms with Crippen LogP contribution in [0.2, 0.25) is 5.15 Å². The number of hydrogen-bond acceptors (Lipinski definition) is 5. The largest absolute Gasteiger partial charge is 0.450 e. The monoisotopic (exact) mass is 312 g/mol. The number of rotatable bonds is 4. The number of nitrogens with zero attached hydrogens (tertiary/aromatic N) is 3. The number of carbonyl (C=O) groups excluding carboxylic acids is 1. The predicted octanol–water partition coefficient (Wildman–Crippen LogP) is 2.73. The molecule has 0 radical (unpaired) electrons. The Morgan fingerprint density at radius 2 is 2.14 bits per heavy atom. The van der Waals surface area contributed by atoms with Crippen LogP contribution in [0.4, 0.5) is 10.6 Å². The third kappa shape index (κ3) is 3.97. The number of piperidine rings is 1. The van der Waals surface area contributed by atoms with Gasteiger partial charge >= 0.3 is 6.09 Å². The molecule has 0 spiro atoms. The number of carbonyl (C=O) groups is 1. The minimum Gasteiger partial charge on any atom is -0.450 e. The molecule has 2 heterocycles. The molecule has 0 aliphatic carbocycles. The van der Waals surface area contributed by atoms with Gasteiger partial charge in [-0.3, -0.25) is 0 Å². The minimum atomic E-state index is -0.227. The molecule has 0 atom stereocenters. The second kappa shape index (κ2) is 7.45. The van der Waals surface area contributed by atoms with Crippen molar-refractivity contribution in [2.75, 3.05) is 25.0 Å². The second-order valence-corrected chi connectivity index (χ2v) is 5.31. The number of anilines is 1. The SMILES string of the molecule is CCOC(=O)N1CCC(Nc2ncnc(Cl)c2CC)CC1. The lowest BCUT2D eigenvalue weighted by Crippen LogP contribution is -2.42. The molecule has 1 aliphatic rings. The molecule has 116 valence electrons. The first kappa shape index (κ1) is 15.8. The van der Waals surface area contributed by atoms with Crippen LogP contribution < -0.4 is 5.32 Å². The van der Waals surface area contributed by atoms with Gasteiger partial charge < -0.3 is 15.0 Å². The Morgan fingerprint density at radius 3 is 2.76 bits per heavy atom. The van der Waals surface area contributed by atoms with Crippen LogP contribution in [-0.4, -0.2) is 46.7 Å². The Kier molecular flexibility index (Phi) is 5.61. The second-order valence-electron chi connectivity index (χ2n) is 4.95. The molecule has 6 nitrogen and oxygen atoms in total. The molecular formula is C14H21ClN4O2. The quantitative estimate of drug-likeness (QED) is 0.866. The number of hydrogen-bond donors (Lipinski definition) is 1. The van der Waals surface area contributed by atoms with Gasteiger partial charge in [-0.1, -0.05) is 18.5 Å². The maximum atomic E-state index is 11.7. The van der Waals surface area contributed by atoms with Crippen LogP contribution in [0, 0.1) is 0 Å². The predicted molar refractivity (Wildman–Crippen MR) is 81.7 cm³/mol. The molecule has 1 aliphatic heterocycles. The summed E-state index contributed by atoms with van der Waals surface area (Å²) in [5.74, 6) is 0.798. The highest BCUT2D eigenvalue weighted by Crippen LogP contribution is 2.23. The van der Waals surface area contributed by atoms with Gasteiger partial charge in [0, 0.05) is 24.7 Å². The topological polar surface area (TPSA) is 67.3 Å². The maximum Gasteiger partial charge on any atom is 0.409 e. The fourth-order valence-electron chi connectivity index (χ4n) is 2.44.